The maximum Gasteiger partial charge on any atom is 0.244 e. The summed E-state index contributed by atoms with van der Waals surface area (Å²) in [4.78, 5) is 10.8. The summed E-state index contributed by atoms with van der Waals surface area (Å²) in [6.07, 6.45) is 0.756. The van der Waals surface area contributed by atoms with Crippen molar-refractivity contribution < 1.29 is 26.4 Å². The fourth-order valence-corrected chi connectivity index (χ4v) is 3.08. The molecule has 1 amide bonds. The number of hydrogen-bond acceptors (Lipinski definition) is 3. The Labute approximate surface area is 142 Å². The maximum atomic E-state index is 13.6. The third-order valence-corrected chi connectivity index (χ3v) is 4.75. The second kappa shape index (κ2) is 7.66. The molecular weight excluding hydrogens is 357 g/mol. The summed E-state index contributed by atoms with van der Waals surface area (Å²) in [7, 11) is -4.52. The first-order valence-electron chi connectivity index (χ1n) is 7.26. The lowest BCUT2D eigenvalue weighted by molar-refractivity contribution is -0.115. The molecule has 2 N–H and O–H groups in total. The topological polar surface area (TPSA) is 75.3 Å². The molecule has 0 saturated carbocycles. The maximum absolute atomic E-state index is 13.6. The molecule has 0 aromatic heterocycles. The van der Waals surface area contributed by atoms with E-state index in [9.17, 15) is 26.4 Å². The van der Waals surface area contributed by atoms with Crippen molar-refractivity contribution in [3.05, 3.63) is 59.4 Å². The zero-order valence-corrected chi connectivity index (χ0v) is 14.0. The van der Waals surface area contributed by atoms with Crippen LogP contribution in [0.3, 0.4) is 0 Å². The number of anilines is 1. The molecule has 0 unspecified atom stereocenters. The lowest BCUT2D eigenvalue weighted by Crippen LogP contribution is -2.33. The average Bonchev–Trinajstić information content (AvgIpc) is 2.58. The van der Waals surface area contributed by atoms with E-state index in [1.165, 1.54) is 0 Å². The number of sulfonamides is 1. The van der Waals surface area contributed by atoms with Crippen LogP contribution < -0.4 is 10.0 Å². The van der Waals surface area contributed by atoms with Crippen molar-refractivity contribution in [3.63, 3.8) is 0 Å². The van der Waals surface area contributed by atoms with Gasteiger partial charge in [0.1, 0.15) is 4.90 Å². The van der Waals surface area contributed by atoms with E-state index >= 15 is 0 Å². The average molecular weight is 372 g/mol. The molecule has 5 nitrogen and oxygen atoms in total. The molecule has 0 atom stereocenters. The monoisotopic (exact) mass is 372 g/mol. The van der Waals surface area contributed by atoms with Gasteiger partial charge in [-0.15, -0.1) is 0 Å². The van der Waals surface area contributed by atoms with E-state index in [2.05, 4.69) is 5.32 Å². The van der Waals surface area contributed by atoms with E-state index in [4.69, 9.17) is 0 Å². The van der Waals surface area contributed by atoms with Gasteiger partial charge >= 0.3 is 0 Å². The van der Waals surface area contributed by atoms with Gasteiger partial charge in [0.25, 0.3) is 0 Å². The molecule has 134 valence electrons. The minimum absolute atomic E-state index is 0.475. The molecule has 0 radical (unpaired) electrons. The molecule has 0 bridgehead atoms. The highest BCUT2D eigenvalue weighted by Crippen LogP contribution is 2.19. The summed E-state index contributed by atoms with van der Waals surface area (Å²) in [5.74, 6) is -5.95. The van der Waals surface area contributed by atoms with Gasteiger partial charge in [0.15, 0.2) is 17.5 Å². The van der Waals surface area contributed by atoms with Gasteiger partial charge in [-0.3, -0.25) is 4.79 Å². The fourth-order valence-electron chi connectivity index (χ4n) is 2.03. The van der Waals surface area contributed by atoms with Gasteiger partial charge < -0.3 is 5.32 Å². The third kappa shape index (κ3) is 4.58. The van der Waals surface area contributed by atoms with Crippen LogP contribution in [0, 0.1) is 17.5 Å². The van der Waals surface area contributed by atoms with Crippen molar-refractivity contribution in [1.29, 1.82) is 0 Å². The zero-order chi connectivity index (χ0) is 18.6. The van der Waals surface area contributed by atoms with Crippen molar-refractivity contribution in [2.45, 2.75) is 18.2 Å². The molecule has 0 spiro atoms. The van der Waals surface area contributed by atoms with Crippen molar-refractivity contribution >= 4 is 21.6 Å². The van der Waals surface area contributed by atoms with Gasteiger partial charge in [-0.1, -0.05) is 19.1 Å². The van der Waals surface area contributed by atoms with Crippen LogP contribution in [-0.4, -0.2) is 20.9 Å². The van der Waals surface area contributed by atoms with E-state index in [1.807, 2.05) is 17.7 Å². The van der Waals surface area contributed by atoms with E-state index < -0.39 is 44.8 Å². The number of rotatable bonds is 6. The number of halogens is 3. The Morgan fingerprint density at radius 2 is 1.80 bits per heavy atom. The number of hydrogen-bond donors (Lipinski definition) is 2. The molecule has 0 heterocycles. The van der Waals surface area contributed by atoms with E-state index in [0.29, 0.717) is 17.8 Å². The number of amides is 1. The molecule has 0 saturated heterocycles. The highest BCUT2D eigenvalue weighted by molar-refractivity contribution is 7.89. The summed E-state index contributed by atoms with van der Waals surface area (Å²) in [5.41, 5.74) is 1.45. The van der Waals surface area contributed by atoms with Crippen molar-refractivity contribution in [2.24, 2.45) is 0 Å². The zero-order valence-electron chi connectivity index (χ0n) is 13.1. The van der Waals surface area contributed by atoms with Gasteiger partial charge in [-0.2, -0.15) is 0 Å². The van der Waals surface area contributed by atoms with Crippen LogP contribution in [0.4, 0.5) is 18.9 Å². The molecule has 2 aromatic carbocycles. The third-order valence-electron chi connectivity index (χ3n) is 3.33. The lowest BCUT2D eigenvalue weighted by Gasteiger charge is -2.09. The molecule has 2 rings (SSSR count). The Balaban J connectivity index is 2.06. The Kier molecular flexibility index (Phi) is 5.81. The molecular formula is C16H15F3N2O3S. The number of benzene rings is 2. The molecule has 0 aliphatic heterocycles. The minimum atomic E-state index is -4.52. The fraction of sp³-hybridized carbons (Fsp3) is 0.188. The summed E-state index contributed by atoms with van der Waals surface area (Å²) in [6.45, 7) is 1.24. The normalized spacial score (nSPS) is 11.4. The molecule has 25 heavy (non-hydrogen) atoms. The Morgan fingerprint density at radius 3 is 2.48 bits per heavy atom. The van der Waals surface area contributed by atoms with Crippen LogP contribution in [0.25, 0.3) is 0 Å². The predicted octanol–water partition coefficient (Wildman–Crippen LogP) is 2.58. The lowest BCUT2D eigenvalue weighted by atomic mass is 10.1. The number of aryl methyl sites for hydroxylation is 1. The molecule has 9 heteroatoms. The predicted molar refractivity (Wildman–Crippen MR) is 86.0 cm³/mol. The van der Waals surface area contributed by atoms with Gasteiger partial charge in [0.2, 0.25) is 15.9 Å². The second-order valence-electron chi connectivity index (χ2n) is 5.10. The van der Waals surface area contributed by atoms with Crippen molar-refractivity contribution in [2.75, 3.05) is 11.9 Å². The van der Waals surface area contributed by atoms with Crippen LogP contribution in [-0.2, 0) is 21.2 Å². The van der Waals surface area contributed by atoms with Crippen molar-refractivity contribution in [3.8, 4) is 0 Å². The largest absolute Gasteiger partial charge is 0.325 e. The number of carbonyl (C=O) groups excluding carboxylic acids is 1. The first-order chi connectivity index (χ1) is 11.7. The van der Waals surface area contributed by atoms with Crippen LogP contribution >= 0.6 is 0 Å². The quantitative estimate of drug-likeness (QED) is 0.766. The van der Waals surface area contributed by atoms with Crippen molar-refractivity contribution in [1.82, 2.24) is 4.72 Å². The second-order valence-corrected chi connectivity index (χ2v) is 6.84. The van der Waals surface area contributed by atoms with Gasteiger partial charge in [0, 0.05) is 5.69 Å². The van der Waals surface area contributed by atoms with Crippen LogP contribution in [0.2, 0.25) is 0 Å². The highest BCUT2D eigenvalue weighted by Gasteiger charge is 2.24. The van der Waals surface area contributed by atoms with E-state index in [-0.39, 0.29) is 0 Å². The summed E-state index contributed by atoms with van der Waals surface area (Å²) in [5, 5.41) is 2.48. The SMILES string of the molecule is CCc1cccc(NC(=O)CNS(=O)(=O)c2ccc(F)c(F)c2F)c1. The van der Waals surface area contributed by atoms with Crippen LogP contribution in [0.5, 0.6) is 0 Å². The van der Waals surface area contributed by atoms with E-state index in [0.717, 1.165) is 12.0 Å². The molecule has 2 aromatic rings. The van der Waals surface area contributed by atoms with E-state index in [1.54, 1.807) is 18.2 Å². The Morgan fingerprint density at radius 1 is 1.08 bits per heavy atom. The standard InChI is InChI=1S/C16H15F3N2O3S/c1-2-10-4-3-5-11(8-10)21-14(22)9-20-25(23,24)13-7-6-12(17)15(18)16(13)19/h3-8,20H,2,9H2,1H3,(H,21,22). The number of carbonyl (C=O) groups is 1. The summed E-state index contributed by atoms with van der Waals surface area (Å²) < 4.78 is 65.4. The first kappa shape index (κ1) is 18.9. The van der Waals surface area contributed by atoms with Crippen LogP contribution in [0.15, 0.2) is 41.3 Å². The minimum Gasteiger partial charge on any atom is -0.325 e. The van der Waals surface area contributed by atoms with Gasteiger partial charge in [0.05, 0.1) is 6.54 Å². The molecule has 0 fully saturated rings. The smallest absolute Gasteiger partial charge is 0.244 e. The van der Waals surface area contributed by atoms with Gasteiger partial charge in [-0.25, -0.2) is 26.3 Å². The van der Waals surface area contributed by atoms with Gasteiger partial charge in [-0.05, 0) is 36.2 Å². The molecule has 0 aliphatic carbocycles. The first-order valence-corrected chi connectivity index (χ1v) is 8.75. The Hall–Kier alpha value is -2.39. The summed E-state index contributed by atoms with van der Waals surface area (Å²) >= 11 is 0. The van der Waals surface area contributed by atoms with Crippen LogP contribution in [0.1, 0.15) is 12.5 Å². The Bertz CT molecular complexity index is 901. The molecule has 0 aliphatic rings. The summed E-state index contributed by atoms with van der Waals surface area (Å²) in [6, 6.07) is 8.02. The number of nitrogens with one attached hydrogen (secondary N) is 2. The highest BCUT2D eigenvalue weighted by atomic mass is 32.2.